The number of carbonyl (C=O) groups excluding carboxylic acids is 2. The van der Waals surface area contributed by atoms with Crippen LogP contribution in [0.15, 0.2) is 23.2 Å². The van der Waals surface area contributed by atoms with E-state index in [1.807, 2.05) is 39.0 Å². The molecule has 0 spiro atoms. The van der Waals surface area contributed by atoms with E-state index in [1.54, 1.807) is 4.90 Å². The third kappa shape index (κ3) is 7.85. The van der Waals surface area contributed by atoms with Gasteiger partial charge in [-0.2, -0.15) is 0 Å². The molecule has 3 rings (SSSR count). The average molecular weight is 529 g/mol. The van der Waals surface area contributed by atoms with E-state index in [0.29, 0.717) is 32.5 Å². The minimum atomic E-state index is -0.696. The molecule has 1 aliphatic rings. The Morgan fingerprint density at radius 2 is 1.92 bits per heavy atom. The largest absolute Gasteiger partial charge is 0.444 e. The maximum absolute atomic E-state index is 12.6. The molecule has 1 aromatic heterocycles. The molecule has 0 unspecified atom stereocenters. The van der Waals surface area contributed by atoms with Gasteiger partial charge in [0.1, 0.15) is 5.60 Å². The van der Waals surface area contributed by atoms with Crippen LogP contribution in [0.3, 0.4) is 0 Å². The number of halogens is 1. The van der Waals surface area contributed by atoms with Gasteiger partial charge in [0.05, 0.1) is 0 Å². The summed E-state index contributed by atoms with van der Waals surface area (Å²) in [4.78, 5) is 39.0. The molecule has 0 atom stereocenters. The third-order valence-corrected chi connectivity index (χ3v) is 6.37. The van der Waals surface area contributed by atoms with E-state index >= 15 is 0 Å². The molecule has 1 fully saturated rings. The number of nitrogens with zero attached hydrogens (tertiary/aromatic N) is 4. The summed E-state index contributed by atoms with van der Waals surface area (Å²) >= 11 is 5.87. The van der Waals surface area contributed by atoms with Gasteiger partial charge >= 0.3 is 6.09 Å². The zero-order valence-corrected chi connectivity index (χ0v) is 22.1. The second kappa shape index (κ2) is 11.5. The van der Waals surface area contributed by atoms with Crippen molar-refractivity contribution >= 4 is 41.2 Å². The first-order valence-corrected chi connectivity index (χ1v) is 12.3. The molecule has 0 aliphatic carbocycles. The lowest BCUT2D eigenvalue weighted by molar-refractivity contribution is 0.00996. The Morgan fingerprint density at radius 1 is 1.22 bits per heavy atom. The first-order chi connectivity index (χ1) is 17.4. The number of likely N-dealkylation sites (tertiary alicyclic amines) is 1. The van der Waals surface area contributed by atoms with Crippen LogP contribution >= 0.6 is 11.6 Å². The summed E-state index contributed by atoms with van der Waals surface area (Å²) in [5.74, 6) is -1.03. The highest BCUT2D eigenvalue weighted by atomic mass is 35.5. The van der Waals surface area contributed by atoms with Gasteiger partial charge < -0.3 is 26.8 Å². The number of nitrogens with two attached hydrogens (primary N) is 3. The van der Waals surface area contributed by atoms with Crippen LogP contribution in [0, 0.1) is 17.5 Å². The number of rotatable bonds is 6. The van der Waals surface area contributed by atoms with Gasteiger partial charge in [0, 0.05) is 19.6 Å². The number of anilines is 2. The number of ether oxygens (including phenoxy) is 1. The van der Waals surface area contributed by atoms with Gasteiger partial charge in [0.2, 0.25) is 0 Å². The Morgan fingerprint density at radius 3 is 2.54 bits per heavy atom. The second-order valence-corrected chi connectivity index (χ2v) is 10.5. The summed E-state index contributed by atoms with van der Waals surface area (Å²) in [5, 5.41) is 2.34. The van der Waals surface area contributed by atoms with Crippen LogP contribution in [0.2, 0.25) is 5.15 Å². The van der Waals surface area contributed by atoms with Crippen molar-refractivity contribution in [3.8, 4) is 0 Å². The lowest BCUT2D eigenvalue weighted by Gasteiger charge is -2.41. The number of hydrogen-bond acceptors (Lipinski definition) is 8. The van der Waals surface area contributed by atoms with Crippen LogP contribution in [0.5, 0.6) is 0 Å². The summed E-state index contributed by atoms with van der Waals surface area (Å²) in [6, 6.07) is 11.6. The number of carbonyl (C=O) groups is 2. The summed E-state index contributed by atoms with van der Waals surface area (Å²) < 4.78 is 5.53. The molecule has 7 N–H and O–H groups in total. The van der Waals surface area contributed by atoms with Crippen molar-refractivity contribution in [2.24, 2.45) is 16.1 Å². The number of hydrogen-bond donors (Lipinski definition) is 4. The first kappa shape index (κ1) is 27.8. The van der Waals surface area contributed by atoms with E-state index in [1.165, 1.54) is 0 Å². The number of aliphatic imine (C=N–C) groups is 1. The maximum Gasteiger partial charge on any atom is 0.410 e. The van der Waals surface area contributed by atoms with Crippen molar-refractivity contribution in [1.29, 1.82) is 0 Å². The highest BCUT2D eigenvalue weighted by Crippen LogP contribution is 2.37. The van der Waals surface area contributed by atoms with E-state index in [-0.39, 0.29) is 40.0 Å². The zero-order valence-electron chi connectivity index (χ0n) is 21.3. The minimum Gasteiger partial charge on any atom is -0.444 e. The third-order valence-electron chi connectivity index (χ3n) is 6.09. The van der Waals surface area contributed by atoms with Crippen molar-refractivity contribution in [1.82, 2.24) is 20.2 Å². The number of aryl methyl sites for hydroxylation is 1. The molecular formula is C25H33ClN8O3. The van der Waals surface area contributed by atoms with Crippen molar-refractivity contribution in [3.63, 3.8) is 0 Å². The van der Waals surface area contributed by atoms with Gasteiger partial charge in [-0.05, 0) is 69.6 Å². The summed E-state index contributed by atoms with van der Waals surface area (Å²) in [5.41, 5.74) is 17.5. The predicted molar refractivity (Wildman–Crippen MR) is 142 cm³/mol. The average Bonchev–Trinajstić information content (AvgIpc) is 2.84. The molecule has 1 aromatic carbocycles. The molecule has 1 saturated heterocycles. The Kier molecular flexibility index (Phi) is 8.65. The van der Waals surface area contributed by atoms with Crippen LogP contribution in [0.1, 0.15) is 56.1 Å². The Labute approximate surface area is 221 Å². The number of nitrogens with one attached hydrogen (secondary N) is 1. The fourth-order valence-electron chi connectivity index (χ4n) is 4.00. The molecular weight excluding hydrogens is 496 g/mol. The van der Waals surface area contributed by atoms with E-state index < -0.39 is 11.5 Å². The summed E-state index contributed by atoms with van der Waals surface area (Å²) in [7, 11) is 0. The SMILES string of the molecule is CC(C)(C)OC(=O)N1CCC(CCc2cc#ccc2)(CN=C(N)NC(=O)c2nc(Cl)c(N)nc2N)CC1. The maximum atomic E-state index is 12.6. The molecule has 12 heteroatoms. The quantitative estimate of drug-likeness (QED) is 0.326. The van der Waals surface area contributed by atoms with Crippen LogP contribution in [-0.4, -0.2) is 58.1 Å². The predicted octanol–water partition coefficient (Wildman–Crippen LogP) is 2.59. The molecule has 2 heterocycles. The van der Waals surface area contributed by atoms with E-state index in [2.05, 4.69) is 32.4 Å². The molecule has 37 heavy (non-hydrogen) atoms. The van der Waals surface area contributed by atoms with Gasteiger partial charge in [-0.3, -0.25) is 15.1 Å². The monoisotopic (exact) mass is 528 g/mol. The van der Waals surface area contributed by atoms with Crippen LogP contribution < -0.4 is 22.5 Å². The molecule has 0 radical (unpaired) electrons. The topological polar surface area (TPSA) is 175 Å². The Bertz CT molecular complexity index is 1140. The number of piperidine rings is 1. The van der Waals surface area contributed by atoms with Crippen LogP contribution in [-0.2, 0) is 11.2 Å². The van der Waals surface area contributed by atoms with Crippen LogP contribution in [0.25, 0.3) is 0 Å². The van der Waals surface area contributed by atoms with E-state index in [0.717, 1.165) is 18.4 Å². The molecule has 2 aromatic rings. The van der Waals surface area contributed by atoms with Crippen molar-refractivity contribution in [2.45, 2.75) is 52.1 Å². The molecule has 2 amide bonds. The van der Waals surface area contributed by atoms with Crippen molar-refractivity contribution in [2.75, 3.05) is 31.1 Å². The van der Waals surface area contributed by atoms with Gasteiger partial charge in [0.25, 0.3) is 5.91 Å². The normalized spacial score (nSPS) is 15.6. The molecule has 11 nitrogen and oxygen atoms in total. The highest BCUT2D eigenvalue weighted by molar-refractivity contribution is 6.31. The Hall–Kier alpha value is -3.78. The van der Waals surface area contributed by atoms with Gasteiger partial charge in [0.15, 0.2) is 28.4 Å². The van der Waals surface area contributed by atoms with Gasteiger partial charge in [-0.15, -0.1) is 0 Å². The second-order valence-electron chi connectivity index (χ2n) is 10.1. The standard InChI is InChI=1S/C25H33ClN8O3/c1-24(2,3)37-23(36)34-13-11-25(12-14-34,10-9-16-7-5-4-6-8-16)15-30-22(29)33-21(35)17-19(27)32-20(28)18(26)31-17/h5,7-8H,9-15H2,1-3H3,(H4,27,28,32)(H3,29,30,33,35). The van der Waals surface area contributed by atoms with Gasteiger partial charge in [-0.25, -0.2) is 14.8 Å². The minimum absolute atomic E-state index is 0.0778. The fourth-order valence-corrected chi connectivity index (χ4v) is 4.12. The fraction of sp³-hybridized carbons (Fsp3) is 0.480. The number of guanidine groups is 1. The van der Waals surface area contributed by atoms with E-state index in [9.17, 15) is 9.59 Å². The Balaban J connectivity index is 1.70. The molecule has 198 valence electrons. The van der Waals surface area contributed by atoms with Crippen molar-refractivity contribution < 1.29 is 14.3 Å². The first-order valence-electron chi connectivity index (χ1n) is 11.9. The van der Waals surface area contributed by atoms with Gasteiger partial charge in [-0.1, -0.05) is 29.8 Å². The summed E-state index contributed by atoms with van der Waals surface area (Å²) in [6.45, 7) is 6.95. The number of amides is 2. The van der Waals surface area contributed by atoms with Crippen LogP contribution in [0.4, 0.5) is 16.4 Å². The molecule has 0 saturated carbocycles. The lowest BCUT2D eigenvalue weighted by Crippen LogP contribution is -2.47. The zero-order chi connectivity index (χ0) is 27.2. The summed E-state index contributed by atoms with van der Waals surface area (Å²) in [6.07, 6.45) is 2.68. The van der Waals surface area contributed by atoms with E-state index in [4.69, 9.17) is 33.5 Å². The van der Waals surface area contributed by atoms with Crippen molar-refractivity contribution in [3.05, 3.63) is 46.7 Å². The number of nitrogen functional groups attached to an aromatic ring is 2. The molecule has 1 aliphatic heterocycles. The number of aromatic nitrogens is 2. The smallest absolute Gasteiger partial charge is 0.410 e. The lowest BCUT2D eigenvalue weighted by atomic mass is 9.74. The molecule has 0 bridgehead atoms. The highest BCUT2D eigenvalue weighted by Gasteiger charge is 2.37.